The number of hydrogen-bond donors (Lipinski definition) is 0. The molecular formula is C16H15F2NO3. The van der Waals surface area contributed by atoms with Crippen LogP contribution in [0.25, 0.3) is 0 Å². The van der Waals surface area contributed by atoms with Crippen molar-refractivity contribution in [1.82, 2.24) is 4.57 Å². The van der Waals surface area contributed by atoms with E-state index in [1.807, 2.05) is 6.07 Å². The van der Waals surface area contributed by atoms with E-state index in [9.17, 15) is 18.4 Å². The average Bonchev–Trinajstić information content (AvgIpc) is 2.50. The average molecular weight is 307 g/mol. The summed E-state index contributed by atoms with van der Waals surface area (Å²) in [6.07, 6.45) is 1.40. The van der Waals surface area contributed by atoms with Crippen molar-refractivity contribution in [3.8, 4) is 0 Å². The number of benzene rings is 1. The summed E-state index contributed by atoms with van der Waals surface area (Å²) in [6, 6.07) is 11.2. The third-order valence-corrected chi connectivity index (χ3v) is 3.09. The van der Waals surface area contributed by atoms with Gasteiger partial charge in [-0.2, -0.15) is 8.78 Å². The van der Waals surface area contributed by atoms with Crippen molar-refractivity contribution in [1.29, 1.82) is 0 Å². The van der Waals surface area contributed by atoms with Gasteiger partial charge in [0.1, 0.15) is 0 Å². The number of carbonyl (C=O) groups excluding carboxylic acids is 1. The maximum atomic E-state index is 14.0. The number of rotatable bonds is 5. The van der Waals surface area contributed by atoms with E-state index in [0.29, 0.717) is 0 Å². The number of pyridine rings is 1. The zero-order valence-electron chi connectivity index (χ0n) is 12.0. The first-order valence-corrected chi connectivity index (χ1v) is 6.75. The lowest BCUT2D eigenvalue weighted by molar-refractivity contribution is -0.173. The standard InChI is InChI=1S/C16H15F2NO3/c1-2-22-15(21)16(17,18)13-9-6-10-19(14(13)20)11-12-7-4-3-5-8-12/h3-10H,2,11H2,1H3. The summed E-state index contributed by atoms with van der Waals surface area (Å²) in [5.41, 5.74) is -1.00. The molecule has 4 nitrogen and oxygen atoms in total. The second-order valence-corrected chi connectivity index (χ2v) is 4.64. The van der Waals surface area contributed by atoms with E-state index in [4.69, 9.17) is 0 Å². The van der Waals surface area contributed by atoms with E-state index < -0.39 is 23.0 Å². The van der Waals surface area contributed by atoms with Crippen LogP contribution >= 0.6 is 0 Å². The molecule has 1 aromatic carbocycles. The molecule has 0 saturated carbocycles. The number of hydrogen-bond acceptors (Lipinski definition) is 3. The van der Waals surface area contributed by atoms with Crippen LogP contribution in [-0.4, -0.2) is 17.1 Å². The van der Waals surface area contributed by atoms with Gasteiger partial charge in [-0.05, 0) is 24.6 Å². The topological polar surface area (TPSA) is 48.3 Å². The molecular weight excluding hydrogens is 292 g/mol. The minimum Gasteiger partial charge on any atom is -0.461 e. The van der Waals surface area contributed by atoms with E-state index >= 15 is 0 Å². The number of aromatic nitrogens is 1. The van der Waals surface area contributed by atoms with Gasteiger partial charge in [0.2, 0.25) is 0 Å². The van der Waals surface area contributed by atoms with Crippen LogP contribution in [-0.2, 0) is 22.0 Å². The lowest BCUT2D eigenvalue weighted by Gasteiger charge is -2.15. The van der Waals surface area contributed by atoms with Crippen LogP contribution in [0.15, 0.2) is 53.5 Å². The molecule has 0 aliphatic rings. The molecule has 22 heavy (non-hydrogen) atoms. The molecule has 0 unspecified atom stereocenters. The predicted molar refractivity (Wildman–Crippen MR) is 76.8 cm³/mol. The summed E-state index contributed by atoms with van der Waals surface area (Å²) >= 11 is 0. The van der Waals surface area contributed by atoms with Crippen molar-refractivity contribution in [2.24, 2.45) is 0 Å². The van der Waals surface area contributed by atoms with E-state index in [-0.39, 0.29) is 13.2 Å². The van der Waals surface area contributed by atoms with Crippen LogP contribution in [0.3, 0.4) is 0 Å². The van der Waals surface area contributed by atoms with Crippen molar-refractivity contribution in [3.05, 3.63) is 70.1 Å². The van der Waals surface area contributed by atoms with Gasteiger partial charge >= 0.3 is 11.9 Å². The zero-order chi connectivity index (χ0) is 16.2. The zero-order valence-corrected chi connectivity index (χ0v) is 12.0. The molecule has 0 aliphatic carbocycles. The molecule has 0 spiro atoms. The highest BCUT2D eigenvalue weighted by Crippen LogP contribution is 2.26. The fourth-order valence-electron chi connectivity index (χ4n) is 2.01. The van der Waals surface area contributed by atoms with Crippen LogP contribution < -0.4 is 5.56 Å². The molecule has 116 valence electrons. The summed E-state index contributed by atoms with van der Waals surface area (Å²) in [5, 5.41) is 0. The smallest absolute Gasteiger partial charge is 0.382 e. The number of halogens is 2. The van der Waals surface area contributed by atoms with E-state index in [2.05, 4.69) is 4.74 Å². The Labute approximate surface area is 126 Å². The van der Waals surface area contributed by atoms with Gasteiger partial charge in [0, 0.05) is 6.20 Å². The van der Waals surface area contributed by atoms with Gasteiger partial charge in [0.05, 0.1) is 18.7 Å². The fourth-order valence-corrected chi connectivity index (χ4v) is 2.01. The summed E-state index contributed by atoms with van der Waals surface area (Å²) in [4.78, 5) is 23.6. The first-order chi connectivity index (χ1) is 10.5. The summed E-state index contributed by atoms with van der Waals surface area (Å²) < 4.78 is 33.5. The summed E-state index contributed by atoms with van der Waals surface area (Å²) in [7, 11) is 0. The molecule has 1 heterocycles. The fraction of sp³-hybridized carbons (Fsp3) is 0.250. The molecule has 0 fully saturated rings. The maximum Gasteiger partial charge on any atom is 0.382 e. The maximum absolute atomic E-state index is 14.0. The molecule has 0 amide bonds. The van der Waals surface area contributed by atoms with Crippen LogP contribution in [0.2, 0.25) is 0 Å². The summed E-state index contributed by atoms with van der Waals surface area (Å²) in [5.74, 6) is -5.68. The lowest BCUT2D eigenvalue weighted by Crippen LogP contribution is -2.36. The van der Waals surface area contributed by atoms with Crippen LogP contribution in [0.1, 0.15) is 18.1 Å². The molecule has 0 bridgehead atoms. The Hall–Kier alpha value is -2.50. The number of carbonyl (C=O) groups is 1. The molecule has 0 radical (unpaired) electrons. The largest absolute Gasteiger partial charge is 0.461 e. The van der Waals surface area contributed by atoms with Crippen molar-refractivity contribution in [2.75, 3.05) is 6.61 Å². The van der Waals surface area contributed by atoms with Crippen molar-refractivity contribution < 1.29 is 18.3 Å². The first-order valence-electron chi connectivity index (χ1n) is 6.75. The predicted octanol–water partition coefficient (Wildman–Crippen LogP) is 2.55. The van der Waals surface area contributed by atoms with E-state index in [0.717, 1.165) is 16.2 Å². The van der Waals surface area contributed by atoms with Gasteiger partial charge in [-0.1, -0.05) is 30.3 Å². The van der Waals surface area contributed by atoms with Gasteiger partial charge in [-0.15, -0.1) is 0 Å². The number of alkyl halides is 2. The normalized spacial score (nSPS) is 11.2. The molecule has 2 rings (SSSR count). The van der Waals surface area contributed by atoms with Crippen LogP contribution in [0, 0.1) is 0 Å². The number of nitrogens with zero attached hydrogens (tertiary/aromatic N) is 1. The summed E-state index contributed by atoms with van der Waals surface area (Å²) in [6.45, 7) is 1.39. The van der Waals surface area contributed by atoms with Gasteiger partial charge in [0.25, 0.3) is 5.56 Å². The SMILES string of the molecule is CCOC(=O)C(F)(F)c1cccn(Cc2ccccc2)c1=O. The first kappa shape index (κ1) is 15.9. The Morgan fingerprint density at radius 1 is 1.18 bits per heavy atom. The van der Waals surface area contributed by atoms with Gasteiger partial charge in [-0.3, -0.25) is 4.79 Å². The highest BCUT2D eigenvalue weighted by atomic mass is 19.3. The van der Waals surface area contributed by atoms with Gasteiger partial charge in [-0.25, -0.2) is 4.79 Å². The van der Waals surface area contributed by atoms with E-state index in [1.165, 1.54) is 19.2 Å². The Morgan fingerprint density at radius 2 is 1.86 bits per heavy atom. The Morgan fingerprint density at radius 3 is 2.50 bits per heavy atom. The lowest BCUT2D eigenvalue weighted by atomic mass is 10.1. The monoisotopic (exact) mass is 307 g/mol. The molecule has 0 saturated heterocycles. The molecule has 0 aliphatic heterocycles. The van der Waals surface area contributed by atoms with Gasteiger partial charge < -0.3 is 9.30 Å². The van der Waals surface area contributed by atoms with Crippen molar-refractivity contribution >= 4 is 5.97 Å². The van der Waals surface area contributed by atoms with Crippen molar-refractivity contribution in [2.45, 2.75) is 19.4 Å². The third-order valence-electron chi connectivity index (χ3n) is 3.09. The minimum atomic E-state index is -3.97. The molecule has 6 heteroatoms. The highest BCUT2D eigenvalue weighted by Gasteiger charge is 2.45. The Balaban J connectivity index is 2.38. The molecule has 0 atom stereocenters. The molecule has 2 aromatic rings. The second kappa shape index (κ2) is 6.51. The Bertz CT molecular complexity index is 711. The molecule has 0 N–H and O–H groups in total. The highest BCUT2D eigenvalue weighted by molar-refractivity contribution is 5.79. The van der Waals surface area contributed by atoms with Crippen LogP contribution in [0.4, 0.5) is 8.78 Å². The van der Waals surface area contributed by atoms with E-state index in [1.54, 1.807) is 24.3 Å². The van der Waals surface area contributed by atoms with Crippen molar-refractivity contribution in [3.63, 3.8) is 0 Å². The quantitative estimate of drug-likeness (QED) is 0.798. The third kappa shape index (κ3) is 3.21. The van der Waals surface area contributed by atoms with Crippen LogP contribution in [0.5, 0.6) is 0 Å². The Kier molecular flexibility index (Phi) is 4.70. The minimum absolute atomic E-state index is 0.145. The molecule has 1 aromatic heterocycles. The number of ether oxygens (including phenoxy) is 1. The second-order valence-electron chi connectivity index (χ2n) is 4.64. The van der Waals surface area contributed by atoms with Gasteiger partial charge in [0.15, 0.2) is 0 Å². The number of esters is 1.